The SMILES string of the molecule is CC(C)CN1CCN(S(=O)(=O)c2ccc3c(c2)CC(=O)N3C)CC1. The fourth-order valence-electron chi connectivity index (χ4n) is 3.42. The lowest BCUT2D eigenvalue weighted by molar-refractivity contribution is -0.117. The van der Waals surface area contributed by atoms with Gasteiger partial charge in [0.05, 0.1) is 11.3 Å². The second kappa shape index (κ2) is 6.46. The highest BCUT2D eigenvalue weighted by molar-refractivity contribution is 7.89. The number of rotatable bonds is 4. The van der Waals surface area contributed by atoms with E-state index < -0.39 is 10.0 Å². The van der Waals surface area contributed by atoms with Gasteiger partial charge in [-0.1, -0.05) is 13.8 Å². The molecule has 1 fully saturated rings. The maximum atomic E-state index is 12.9. The molecule has 1 aromatic carbocycles. The second-order valence-corrected chi connectivity index (χ2v) is 8.96. The van der Waals surface area contributed by atoms with E-state index in [1.807, 2.05) is 0 Å². The van der Waals surface area contributed by atoms with Gasteiger partial charge in [0.2, 0.25) is 15.9 Å². The van der Waals surface area contributed by atoms with Crippen molar-refractivity contribution < 1.29 is 13.2 Å². The first-order valence-corrected chi connectivity index (χ1v) is 9.85. The summed E-state index contributed by atoms with van der Waals surface area (Å²) in [6, 6.07) is 5.01. The maximum absolute atomic E-state index is 12.9. The molecular weight excluding hydrogens is 326 g/mol. The molecule has 1 amide bonds. The molecule has 132 valence electrons. The Morgan fingerprint density at radius 2 is 1.79 bits per heavy atom. The fourth-order valence-corrected chi connectivity index (χ4v) is 4.90. The Hall–Kier alpha value is -1.44. The standard InChI is InChI=1S/C17H25N3O3S/c1-13(2)12-19-6-8-20(9-7-19)24(22,23)15-4-5-16-14(10-15)11-17(21)18(16)3/h4-5,10,13H,6-9,11-12H2,1-3H3. The number of sulfonamides is 1. The van der Waals surface area contributed by atoms with Crippen LogP contribution in [0.2, 0.25) is 0 Å². The minimum atomic E-state index is -3.49. The van der Waals surface area contributed by atoms with Crippen LogP contribution in [0, 0.1) is 5.92 Å². The maximum Gasteiger partial charge on any atom is 0.243 e. The van der Waals surface area contributed by atoms with Crippen LogP contribution < -0.4 is 4.90 Å². The number of amides is 1. The first kappa shape index (κ1) is 17.4. The molecule has 24 heavy (non-hydrogen) atoms. The Labute approximate surface area is 144 Å². The van der Waals surface area contributed by atoms with E-state index in [1.54, 1.807) is 34.5 Å². The fraction of sp³-hybridized carbons (Fsp3) is 0.588. The minimum absolute atomic E-state index is 0.00171. The minimum Gasteiger partial charge on any atom is -0.315 e. The van der Waals surface area contributed by atoms with Crippen LogP contribution in [0.1, 0.15) is 19.4 Å². The van der Waals surface area contributed by atoms with Crippen molar-refractivity contribution >= 4 is 21.6 Å². The van der Waals surface area contributed by atoms with Crippen molar-refractivity contribution in [1.29, 1.82) is 0 Å². The van der Waals surface area contributed by atoms with Crippen LogP contribution in [-0.4, -0.2) is 63.3 Å². The van der Waals surface area contributed by atoms with Crippen molar-refractivity contribution in [1.82, 2.24) is 9.21 Å². The van der Waals surface area contributed by atoms with E-state index in [-0.39, 0.29) is 12.3 Å². The molecule has 2 aliphatic rings. The third kappa shape index (κ3) is 3.20. The van der Waals surface area contributed by atoms with Gasteiger partial charge in [-0.25, -0.2) is 8.42 Å². The van der Waals surface area contributed by atoms with Crippen LogP contribution in [0.4, 0.5) is 5.69 Å². The molecule has 0 radical (unpaired) electrons. The number of piperazine rings is 1. The summed E-state index contributed by atoms with van der Waals surface area (Å²) in [7, 11) is -1.78. The van der Waals surface area contributed by atoms with E-state index in [2.05, 4.69) is 18.7 Å². The van der Waals surface area contributed by atoms with E-state index in [1.165, 1.54) is 0 Å². The Kier molecular flexibility index (Phi) is 4.68. The topological polar surface area (TPSA) is 60.9 Å². The molecule has 2 aliphatic heterocycles. The number of benzene rings is 1. The van der Waals surface area contributed by atoms with Crippen LogP contribution in [0.5, 0.6) is 0 Å². The van der Waals surface area contributed by atoms with Gasteiger partial charge in [0.15, 0.2) is 0 Å². The molecule has 3 rings (SSSR count). The molecule has 6 nitrogen and oxygen atoms in total. The molecule has 7 heteroatoms. The van der Waals surface area contributed by atoms with Crippen molar-refractivity contribution in [2.24, 2.45) is 5.92 Å². The molecule has 0 aliphatic carbocycles. The summed E-state index contributed by atoms with van der Waals surface area (Å²) in [6.07, 6.45) is 0.275. The highest BCUT2D eigenvalue weighted by Crippen LogP contribution is 2.30. The highest BCUT2D eigenvalue weighted by atomic mass is 32.2. The first-order chi connectivity index (χ1) is 11.3. The van der Waals surface area contributed by atoms with E-state index in [9.17, 15) is 13.2 Å². The Bertz CT molecular complexity index is 737. The van der Waals surface area contributed by atoms with Crippen LogP contribution in [0.25, 0.3) is 0 Å². The van der Waals surface area contributed by atoms with Gasteiger partial charge >= 0.3 is 0 Å². The predicted molar refractivity (Wildman–Crippen MR) is 93.6 cm³/mol. The number of nitrogens with zero attached hydrogens (tertiary/aromatic N) is 3. The summed E-state index contributed by atoms with van der Waals surface area (Å²) in [5, 5.41) is 0. The normalized spacial score (nSPS) is 20.0. The number of anilines is 1. The number of hydrogen-bond acceptors (Lipinski definition) is 4. The molecular formula is C17H25N3O3S. The van der Waals surface area contributed by atoms with Gasteiger partial charge in [0.1, 0.15) is 0 Å². The lowest BCUT2D eigenvalue weighted by atomic mass is 10.2. The molecule has 0 spiro atoms. The summed E-state index contributed by atoms with van der Waals surface area (Å²) >= 11 is 0. The molecule has 0 aromatic heterocycles. The quantitative estimate of drug-likeness (QED) is 0.817. The number of carbonyl (C=O) groups excluding carboxylic acids is 1. The second-order valence-electron chi connectivity index (χ2n) is 7.02. The lowest BCUT2D eigenvalue weighted by Gasteiger charge is -2.34. The van der Waals surface area contributed by atoms with E-state index in [0.29, 0.717) is 23.9 Å². The van der Waals surface area contributed by atoms with Gasteiger partial charge in [0.25, 0.3) is 0 Å². The summed E-state index contributed by atoms with van der Waals surface area (Å²) < 4.78 is 27.3. The molecule has 1 saturated heterocycles. The largest absolute Gasteiger partial charge is 0.315 e. The Balaban J connectivity index is 1.75. The van der Waals surface area contributed by atoms with Gasteiger partial charge in [-0.3, -0.25) is 4.79 Å². The zero-order valence-electron chi connectivity index (χ0n) is 14.5. The van der Waals surface area contributed by atoms with Gasteiger partial charge in [-0.2, -0.15) is 4.31 Å². The summed E-state index contributed by atoms with van der Waals surface area (Å²) in [5.74, 6) is 0.584. The number of carbonyl (C=O) groups is 1. The molecule has 0 bridgehead atoms. The highest BCUT2D eigenvalue weighted by Gasteiger charge is 2.31. The number of fused-ring (bicyclic) bond motifs is 1. The Morgan fingerprint density at radius 1 is 1.12 bits per heavy atom. The van der Waals surface area contributed by atoms with Crippen LogP contribution in [0.3, 0.4) is 0 Å². The van der Waals surface area contributed by atoms with Gasteiger partial charge < -0.3 is 9.80 Å². The third-order valence-corrected chi connectivity index (χ3v) is 6.62. The molecule has 0 unspecified atom stereocenters. The molecule has 1 aromatic rings. The number of likely N-dealkylation sites (N-methyl/N-ethyl adjacent to an activating group) is 1. The van der Waals surface area contributed by atoms with Crippen LogP contribution in [0.15, 0.2) is 23.1 Å². The summed E-state index contributed by atoms with van der Waals surface area (Å²) in [5.41, 5.74) is 1.60. The van der Waals surface area contributed by atoms with Gasteiger partial charge in [-0.05, 0) is 29.7 Å². The van der Waals surface area contributed by atoms with E-state index >= 15 is 0 Å². The molecule has 2 heterocycles. The van der Waals surface area contributed by atoms with Crippen LogP contribution >= 0.6 is 0 Å². The number of hydrogen-bond donors (Lipinski definition) is 0. The average molecular weight is 351 g/mol. The summed E-state index contributed by atoms with van der Waals surface area (Å²) in [6.45, 7) is 7.92. The molecule has 0 N–H and O–H groups in total. The third-order valence-electron chi connectivity index (χ3n) is 4.72. The monoisotopic (exact) mass is 351 g/mol. The smallest absolute Gasteiger partial charge is 0.243 e. The Morgan fingerprint density at radius 3 is 2.42 bits per heavy atom. The zero-order chi connectivity index (χ0) is 17.5. The summed E-state index contributed by atoms with van der Waals surface area (Å²) in [4.78, 5) is 16.0. The van der Waals surface area contributed by atoms with E-state index in [0.717, 1.165) is 30.9 Å². The molecule has 0 saturated carbocycles. The first-order valence-electron chi connectivity index (χ1n) is 8.41. The van der Waals surface area contributed by atoms with Gasteiger partial charge in [-0.15, -0.1) is 0 Å². The lowest BCUT2D eigenvalue weighted by Crippen LogP contribution is -2.49. The van der Waals surface area contributed by atoms with Crippen molar-refractivity contribution in [3.05, 3.63) is 23.8 Å². The van der Waals surface area contributed by atoms with Gasteiger partial charge in [0, 0.05) is 45.5 Å². The van der Waals surface area contributed by atoms with Crippen molar-refractivity contribution in [3.63, 3.8) is 0 Å². The van der Waals surface area contributed by atoms with Crippen molar-refractivity contribution in [3.8, 4) is 0 Å². The zero-order valence-corrected chi connectivity index (χ0v) is 15.3. The molecule has 0 atom stereocenters. The van der Waals surface area contributed by atoms with E-state index in [4.69, 9.17) is 0 Å². The predicted octanol–water partition coefficient (Wildman–Crippen LogP) is 1.17. The average Bonchev–Trinajstić information content (AvgIpc) is 2.81. The van der Waals surface area contributed by atoms with Crippen LogP contribution in [-0.2, 0) is 21.2 Å². The van der Waals surface area contributed by atoms with Crippen molar-refractivity contribution in [2.45, 2.75) is 25.2 Å². The van der Waals surface area contributed by atoms with Crippen molar-refractivity contribution in [2.75, 3.05) is 44.7 Å².